The summed E-state index contributed by atoms with van der Waals surface area (Å²) in [6.07, 6.45) is 3.44. The smallest absolute Gasteiger partial charge is 0.334 e. The average molecular weight is 295 g/mol. The molecule has 0 amide bonds. The number of nitrogens with zero attached hydrogens (tertiary/aromatic N) is 4. The number of anilines is 1. The number of aromatic nitrogens is 2. The van der Waals surface area contributed by atoms with Gasteiger partial charge in [0.15, 0.2) is 0 Å². The molecule has 1 fully saturated rings. The Morgan fingerprint density at radius 3 is 2.57 bits per heavy atom. The highest BCUT2D eigenvalue weighted by Crippen LogP contribution is 2.34. The summed E-state index contributed by atoms with van der Waals surface area (Å²) in [5.41, 5.74) is 6.73. The second kappa shape index (κ2) is 6.43. The van der Waals surface area contributed by atoms with Crippen molar-refractivity contribution in [3.8, 4) is 0 Å². The number of hydrogen-bond donors (Lipinski definition) is 1. The first-order chi connectivity index (χ1) is 9.95. The molecule has 21 heavy (non-hydrogen) atoms. The van der Waals surface area contributed by atoms with Crippen LogP contribution in [-0.4, -0.2) is 33.8 Å². The lowest BCUT2D eigenvalue weighted by atomic mass is 9.91. The average Bonchev–Trinajstić information content (AvgIpc) is 2.76. The summed E-state index contributed by atoms with van der Waals surface area (Å²) in [4.78, 5) is 13.3. The summed E-state index contributed by atoms with van der Waals surface area (Å²) >= 11 is 0. The third-order valence-electron chi connectivity index (χ3n) is 4.31. The Bertz CT molecular complexity index is 504. The Balaban J connectivity index is 2.26. The van der Waals surface area contributed by atoms with Crippen molar-refractivity contribution in [3.05, 3.63) is 15.8 Å². The van der Waals surface area contributed by atoms with Gasteiger partial charge in [0.1, 0.15) is 5.69 Å². The molecule has 0 saturated carbocycles. The Hall–Kier alpha value is -1.63. The van der Waals surface area contributed by atoms with Gasteiger partial charge >= 0.3 is 5.69 Å². The predicted octanol–water partition coefficient (Wildman–Crippen LogP) is 1.84. The van der Waals surface area contributed by atoms with Crippen molar-refractivity contribution in [1.82, 2.24) is 9.78 Å². The summed E-state index contributed by atoms with van der Waals surface area (Å²) in [7, 11) is 1.79. The molecule has 1 aromatic rings. The topological polar surface area (TPSA) is 90.2 Å². The molecule has 7 nitrogen and oxygen atoms in total. The van der Waals surface area contributed by atoms with Crippen LogP contribution in [0.2, 0.25) is 0 Å². The Morgan fingerprint density at radius 1 is 1.48 bits per heavy atom. The van der Waals surface area contributed by atoms with Crippen molar-refractivity contribution >= 4 is 11.5 Å². The second-order valence-electron chi connectivity index (χ2n) is 5.93. The van der Waals surface area contributed by atoms with E-state index in [2.05, 4.69) is 10.00 Å². The standard InChI is InChI=1S/C14H25N5O2/c1-4-5-12-13(19(20)21)14(17(3)16-12)18-8-6-11(7-9-18)10(2)15/h10-11H,4-9,15H2,1-3H3. The van der Waals surface area contributed by atoms with Crippen LogP contribution in [0.1, 0.15) is 38.8 Å². The van der Waals surface area contributed by atoms with Crippen LogP contribution in [0.3, 0.4) is 0 Å². The molecular weight excluding hydrogens is 270 g/mol. The number of nitrogens with two attached hydrogens (primary N) is 1. The third kappa shape index (κ3) is 3.18. The molecule has 2 N–H and O–H groups in total. The Labute approximate surface area is 125 Å². The number of rotatable bonds is 5. The number of piperidine rings is 1. The van der Waals surface area contributed by atoms with Crippen LogP contribution in [0, 0.1) is 16.0 Å². The van der Waals surface area contributed by atoms with E-state index in [1.54, 1.807) is 11.7 Å². The fourth-order valence-electron chi connectivity index (χ4n) is 3.14. The first-order valence-electron chi connectivity index (χ1n) is 7.66. The molecule has 118 valence electrons. The van der Waals surface area contributed by atoms with Crippen LogP contribution in [0.25, 0.3) is 0 Å². The van der Waals surface area contributed by atoms with Gasteiger partial charge in [0.25, 0.3) is 0 Å². The summed E-state index contributed by atoms with van der Waals surface area (Å²) in [5.74, 6) is 1.15. The zero-order valence-corrected chi connectivity index (χ0v) is 13.1. The van der Waals surface area contributed by atoms with E-state index in [4.69, 9.17) is 5.73 Å². The highest BCUT2D eigenvalue weighted by molar-refractivity contribution is 5.61. The third-order valence-corrected chi connectivity index (χ3v) is 4.31. The van der Waals surface area contributed by atoms with Crippen LogP contribution in [0.15, 0.2) is 0 Å². The van der Waals surface area contributed by atoms with Crippen molar-refractivity contribution < 1.29 is 4.92 Å². The molecule has 1 atom stereocenters. The Morgan fingerprint density at radius 2 is 2.10 bits per heavy atom. The molecule has 0 bridgehead atoms. The van der Waals surface area contributed by atoms with E-state index in [1.165, 1.54) is 0 Å². The molecule has 1 unspecified atom stereocenters. The van der Waals surface area contributed by atoms with Crippen LogP contribution in [0.5, 0.6) is 0 Å². The molecule has 7 heteroatoms. The minimum absolute atomic E-state index is 0.179. The van der Waals surface area contributed by atoms with Gasteiger partial charge in [0.05, 0.1) is 4.92 Å². The zero-order chi connectivity index (χ0) is 15.6. The van der Waals surface area contributed by atoms with Crippen molar-refractivity contribution in [2.75, 3.05) is 18.0 Å². The fourth-order valence-corrected chi connectivity index (χ4v) is 3.14. The van der Waals surface area contributed by atoms with E-state index in [0.29, 0.717) is 23.9 Å². The van der Waals surface area contributed by atoms with Crippen molar-refractivity contribution in [2.24, 2.45) is 18.7 Å². The summed E-state index contributed by atoms with van der Waals surface area (Å²) < 4.78 is 1.66. The molecule has 2 heterocycles. The van der Waals surface area contributed by atoms with Crippen LogP contribution < -0.4 is 10.6 Å². The number of nitro groups is 1. The van der Waals surface area contributed by atoms with E-state index in [9.17, 15) is 10.1 Å². The molecule has 0 aliphatic carbocycles. The molecule has 0 spiro atoms. The van der Waals surface area contributed by atoms with Crippen molar-refractivity contribution in [1.29, 1.82) is 0 Å². The maximum atomic E-state index is 11.5. The van der Waals surface area contributed by atoms with Gasteiger partial charge in [-0.25, -0.2) is 4.68 Å². The highest BCUT2D eigenvalue weighted by atomic mass is 16.6. The Kier molecular flexibility index (Phi) is 4.82. The van der Waals surface area contributed by atoms with Gasteiger partial charge in [-0.05, 0) is 32.1 Å². The van der Waals surface area contributed by atoms with E-state index in [1.807, 2.05) is 13.8 Å². The monoisotopic (exact) mass is 295 g/mol. The van der Waals surface area contributed by atoms with Gasteiger partial charge < -0.3 is 10.6 Å². The van der Waals surface area contributed by atoms with Gasteiger partial charge in [0.2, 0.25) is 5.82 Å². The van der Waals surface area contributed by atoms with Gasteiger partial charge in [-0.3, -0.25) is 10.1 Å². The SMILES string of the molecule is CCCc1nn(C)c(N2CCC(C(C)N)CC2)c1[N+](=O)[O-]. The first-order valence-corrected chi connectivity index (χ1v) is 7.66. The van der Waals surface area contributed by atoms with Gasteiger partial charge in [0, 0.05) is 26.2 Å². The van der Waals surface area contributed by atoms with Gasteiger partial charge in [-0.1, -0.05) is 13.3 Å². The fraction of sp³-hybridized carbons (Fsp3) is 0.786. The minimum Gasteiger partial charge on any atom is -0.351 e. The summed E-state index contributed by atoms with van der Waals surface area (Å²) in [6, 6.07) is 0.185. The van der Waals surface area contributed by atoms with Crippen molar-refractivity contribution in [2.45, 2.75) is 45.6 Å². The molecule has 1 aliphatic heterocycles. The van der Waals surface area contributed by atoms with Crippen LogP contribution >= 0.6 is 0 Å². The molecule has 1 saturated heterocycles. The largest absolute Gasteiger partial charge is 0.351 e. The normalized spacial score (nSPS) is 18.0. The van der Waals surface area contributed by atoms with Gasteiger partial charge in [-0.15, -0.1) is 0 Å². The molecule has 2 rings (SSSR count). The quantitative estimate of drug-likeness (QED) is 0.661. The molecular formula is C14H25N5O2. The van der Waals surface area contributed by atoms with E-state index in [0.717, 1.165) is 32.4 Å². The first kappa shape index (κ1) is 15.8. The number of aryl methyl sites for hydroxylation is 2. The summed E-state index contributed by atoms with van der Waals surface area (Å²) in [6.45, 7) is 5.65. The summed E-state index contributed by atoms with van der Waals surface area (Å²) in [5, 5.41) is 15.8. The van der Waals surface area contributed by atoms with E-state index < -0.39 is 0 Å². The van der Waals surface area contributed by atoms with Crippen molar-refractivity contribution in [3.63, 3.8) is 0 Å². The molecule has 1 aromatic heterocycles. The maximum Gasteiger partial charge on any atom is 0.334 e. The number of hydrogen-bond acceptors (Lipinski definition) is 5. The maximum absolute atomic E-state index is 11.5. The van der Waals surface area contributed by atoms with Crippen LogP contribution in [-0.2, 0) is 13.5 Å². The lowest BCUT2D eigenvalue weighted by Crippen LogP contribution is -2.40. The minimum atomic E-state index is -0.287. The lowest BCUT2D eigenvalue weighted by Gasteiger charge is -2.34. The highest BCUT2D eigenvalue weighted by Gasteiger charge is 2.32. The van der Waals surface area contributed by atoms with Gasteiger partial charge in [-0.2, -0.15) is 5.10 Å². The second-order valence-corrected chi connectivity index (χ2v) is 5.93. The predicted molar refractivity (Wildman–Crippen MR) is 82.4 cm³/mol. The van der Waals surface area contributed by atoms with E-state index >= 15 is 0 Å². The molecule has 1 aliphatic rings. The molecule has 0 aromatic carbocycles. The lowest BCUT2D eigenvalue weighted by molar-refractivity contribution is -0.384. The molecule has 0 radical (unpaired) electrons. The van der Waals surface area contributed by atoms with E-state index in [-0.39, 0.29) is 16.7 Å². The van der Waals surface area contributed by atoms with Crippen LogP contribution in [0.4, 0.5) is 11.5 Å². The zero-order valence-electron chi connectivity index (χ0n) is 13.1.